The minimum Gasteiger partial charge on any atom is -0.455 e. The van der Waals surface area contributed by atoms with Crippen molar-refractivity contribution < 1.29 is 19.5 Å². The molecular formula is C42H26O. The van der Waals surface area contributed by atoms with Crippen LogP contribution in [0.4, 0.5) is 0 Å². The van der Waals surface area contributed by atoms with Crippen LogP contribution in [0, 0.1) is 0 Å². The van der Waals surface area contributed by atoms with Crippen LogP contribution < -0.4 is 0 Å². The second-order valence-corrected chi connectivity index (χ2v) is 10.4. The molecule has 1 heteroatoms. The first-order valence-corrected chi connectivity index (χ1v) is 13.9. The van der Waals surface area contributed by atoms with Crippen molar-refractivity contribution in [1.29, 1.82) is 0 Å². The zero-order valence-corrected chi connectivity index (χ0v) is 22.6. The molecule has 0 aliphatic carbocycles. The second kappa shape index (κ2) is 9.44. The van der Waals surface area contributed by atoms with E-state index in [0.717, 1.165) is 44.2 Å². The first-order chi connectivity index (χ1) is 25.9. The first kappa shape index (κ1) is 15.5. The highest BCUT2D eigenvalue weighted by atomic mass is 16.3. The third-order valence-electron chi connectivity index (χ3n) is 8.02. The number of para-hydroxylation sites is 2. The Bertz CT molecular complexity index is 3070. The van der Waals surface area contributed by atoms with Crippen molar-refractivity contribution in [2.24, 2.45) is 0 Å². The van der Waals surface area contributed by atoms with Crippen LogP contribution in [0.25, 0.3) is 87.6 Å². The molecule has 0 bridgehead atoms. The van der Waals surface area contributed by atoms with Crippen molar-refractivity contribution in [3.8, 4) is 33.4 Å². The molecule has 200 valence electrons. The molecule has 1 nitrogen and oxygen atoms in total. The molecule has 0 N–H and O–H groups in total. The fraction of sp³-hybridized carbons (Fsp3) is 0. The summed E-state index contributed by atoms with van der Waals surface area (Å²) in [5.41, 5.74) is 5.61. The van der Waals surface area contributed by atoms with Gasteiger partial charge in [0.15, 0.2) is 0 Å². The Morgan fingerprint density at radius 3 is 1.72 bits per heavy atom. The van der Waals surface area contributed by atoms with E-state index in [2.05, 4.69) is 0 Å². The van der Waals surface area contributed by atoms with E-state index in [1.54, 1.807) is 18.2 Å². The van der Waals surface area contributed by atoms with Gasteiger partial charge in [-0.1, -0.05) is 139 Å². The maximum absolute atomic E-state index is 9.53. The Morgan fingerprint density at radius 1 is 0.395 bits per heavy atom. The molecule has 1 heterocycles. The predicted octanol–water partition coefficient (Wildman–Crippen LogP) is 12.0. The Morgan fingerprint density at radius 2 is 0.977 bits per heavy atom. The lowest BCUT2D eigenvalue weighted by Crippen LogP contribution is -1.86. The third-order valence-corrected chi connectivity index (χ3v) is 8.02. The van der Waals surface area contributed by atoms with Crippen molar-refractivity contribution in [1.82, 2.24) is 0 Å². The van der Waals surface area contributed by atoms with Crippen LogP contribution in [0.15, 0.2) is 162 Å². The largest absolute Gasteiger partial charge is 0.455 e. The van der Waals surface area contributed by atoms with Gasteiger partial charge in [0.1, 0.15) is 11.2 Å². The van der Waals surface area contributed by atoms with Crippen LogP contribution in [0.1, 0.15) is 15.1 Å². The average Bonchev–Trinajstić information content (AvgIpc) is 3.58. The second-order valence-electron chi connectivity index (χ2n) is 10.4. The fourth-order valence-electron chi connectivity index (χ4n) is 5.97. The van der Waals surface area contributed by atoms with E-state index in [1.807, 2.05) is 72.8 Å². The minimum absolute atomic E-state index is 0.0523. The highest BCUT2D eigenvalue weighted by molar-refractivity contribution is 6.25. The van der Waals surface area contributed by atoms with Gasteiger partial charge in [-0.2, -0.15) is 0 Å². The van der Waals surface area contributed by atoms with Crippen molar-refractivity contribution in [3.05, 3.63) is 157 Å². The molecule has 0 aliphatic heterocycles. The van der Waals surface area contributed by atoms with E-state index in [4.69, 9.17) is 15.4 Å². The van der Waals surface area contributed by atoms with Crippen LogP contribution in [-0.2, 0) is 0 Å². The maximum Gasteiger partial charge on any atom is 0.143 e. The highest BCUT2D eigenvalue weighted by Crippen LogP contribution is 2.39. The van der Waals surface area contributed by atoms with Crippen LogP contribution >= 0.6 is 0 Å². The fourth-order valence-corrected chi connectivity index (χ4v) is 5.97. The van der Waals surface area contributed by atoms with E-state index in [-0.39, 0.29) is 50.0 Å². The van der Waals surface area contributed by atoms with Crippen molar-refractivity contribution in [2.75, 3.05) is 0 Å². The molecule has 43 heavy (non-hydrogen) atoms. The maximum atomic E-state index is 9.53. The van der Waals surface area contributed by atoms with Crippen LogP contribution in [0.3, 0.4) is 0 Å². The summed E-state index contributed by atoms with van der Waals surface area (Å²) < 4.78 is 103. The number of benzene rings is 8. The average molecular weight is 558 g/mol. The zero-order chi connectivity index (χ0) is 37.9. The first-order valence-electron chi connectivity index (χ1n) is 19.4. The van der Waals surface area contributed by atoms with Gasteiger partial charge in [0, 0.05) is 16.3 Å². The molecule has 0 spiro atoms. The normalized spacial score (nSPS) is 15.3. The van der Waals surface area contributed by atoms with Crippen LogP contribution in [0.5, 0.6) is 0 Å². The lowest BCUT2D eigenvalue weighted by Gasteiger charge is -2.12. The lowest BCUT2D eigenvalue weighted by molar-refractivity contribution is 0.670. The quantitative estimate of drug-likeness (QED) is 0.197. The summed E-state index contributed by atoms with van der Waals surface area (Å²) in [7, 11) is 0. The Labute approximate surface area is 264 Å². The summed E-state index contributed by atoms with van der Waals surface area (Å²) in [6, 6.07) is 23.6. The van der Waals surface area contributed by atoms with Gasteiger partial charge in [-0.25, -0.2) is 0 Å². The SMILES string of the molecule is [2H]c1c([2H])c([2H])c2c(c1[2H])c1c([2H])c([2H])c([2H])c([2H])c1c1c([2H])c(-c3cccc(-c4ccc(-c5cccc6c5oc5ccccc56)cc4)c3)c([2H])c([2H])c21. The molecule has 0 saturated heterocycles. The summed E-state index contributed by atoms with van der Waals surface area (Å²) >= 11 is 0. The monoisotopic (exact) mass is 557 g/mol. The number of hydrogen-bond acceptors (Lipinski definition) is 1. The third kappa shape index (κ3) is 3.79. The van der Waals surface area contributed by atoms with Gasteiger partial charge in [-0.15, -0.1) is 0 Å². The summed E-state index contributed by atoms with van der Waals surface area (Å²) in [6.07, 6.45) is 0. The summed E-state index contributed by atoms with van der Waals surface area (Å²) in [6.45, 7) is 0. The standard InChI is InChI=1S/C42H26O/c1-2-13-35-33(11-1)34-12-3-4-14-36(34)40-26-31(23-24-37(35)40)30-10-7-9-29(25-30)27-19-21-28(22-20-27)32-16-8-17-39-38-15-5-6-18-41(38)43-42(32)39/h1-26H/i1D,2D,3D,4D,11D,12D,13D,14D,23D,24D,26D. The Balaban J connectivity index is 1.26. The molecular weight excluding hydrogens is 520 g/mol. The molecule has 8 aromatic carbocycles. The number of rotatable bonds is 3. The van der Waals surface area contributed by atoms with Crippen LogP contribution in [-0.4, -0.2) is 0 Å². The van der Waals surface area contributed by atoms with Crippen LogP contribution in [0.2, 0.25) is 0 Å². The van der Waals surface area contributed by atoms with Gasteiger partial charge in [-0.05, 0) is 78.3 Å². The van der Waals surface area contributed by atoms with E-state index >= 15 is 0 Å². The van der Waals surface area contributed by atoms with Gasteiger partial charge in [-0.3, -0.25) is 0 Å². The highest BCUT2D eigenvalue weighted by Gasteiger charge is 2.13. The van der Waals surface area contributed by atoms with E-state index in [0.29, 0.717) is 5.56 Å². The Hall–Kier alpha value is -5.66. The molecule has 0 radical (unpaired) electrons. The molecule has 0 fully saturated rings. The minimum atomic E-state index is -0.600. The summed E-state index contributed by atoms with van der Waals surface area (Å²) in [5, 5.41) is 1.19. The molecule has 9 aromatic rings. The molecule has 1 aromatic heterocycles. The molecule has 0 saturated carbocycles. The number of hydrogen-bond donors (Lipinski definition) is 0. The Kier molecular flexibility index (Phi) is 3.41. The molecule has 0 atom stereocenters. The van der Waals surface area contributed by atoms with E-state index < -0.39 is 54.4 Å². The molecule has 0 aliphatic rings. The van der Waals surface area contributed by atoms with Gasteiger partial charge in [0.25, 0.3) is 0 Å². The molecule has 9 rings (SSSR count). The molecule has 0 unspecified atom stereocenters. The van der Waals surface area contributed by atoms with E-state index in [1.165, 1.54) is 0 Å². The van der Waals surface area contributed by atoms with E-state index in [9.17, 15) is 4.11 Å². The molecule has 0 amide bonds. The summed E-state index contributed by atoms with van der Waals surface area (Å²) in [5.74, 6) is 0. The zero-order valence-electron chi connectivity index (χ0n) is 33.6. The predicted molar refractivity (Wildman–Crippen MR) is 183 cm³/mol. The van der Waals surface area contributed by atoms with Gasteiger partial charge in [0.05, 0.1) is 15.1 Å². The van der Waals surface area contributed by atoms with Crippen molar-refractivity contribution >= 4 is 54.3 Å². The topological polar surface area (TPSA) is 13.1 Å². The van der Waals surface area contributed by atoms with Gasteiger partial charge in [0.2, 0.25) is 0 Å². The number of fused-ring (bicyclic) bond motifs is 9. The number of furan rings is 1. The van der Waals surface area contributed by atoms with Gasteiger partial charge >= 0.3 is 0 Å². The summed E-state index contributed by atoms with van der Waals surface area (Å²) in [4.78, 5) is 0. The van der Waals surface area contributed by atoms with Gasteiger partial charge < -0.3 is 4.42 Å². The lowest BCUT2D eigenvalue weighted by atomic mass is 9.91. The van der Waals surface area contributed by atoms with Crippen molar-refractivity contribution in [2.45, 2.75) is 0 Å². The van der Waals surface area contributed by atoms with Crippen molar-refractivity contribution in [3.63, 3.8) is 0 Å². The smallest absolute Gasteiger partial charge is 0.143 e.